The number of hydrogen-bond donors (Lipinski definition) is 2. The quantitative estimate of drug-likeness (QED) is 0.577. The van der Waals surface area contributed by atoms with Crippen LogP contribution < -0.4 is 11.1 Å². The zero-order chi connectivity index (χ0) is 22.9. The van der Waals surface area contributed by atoms with Gasteiger partial charge >= 0.3 is 0 Å². The van der Waals surface area contributed by atoms with Crippen LogP contribution in [0.4, 0.5) is 5.82 Å². The molecule has 2 atom stereocenters. The first-order valence-corrected chi connectivity index (χ1v) is 11.5. The van der Waals surface area contributed by atoms with Gasteiger partial charge in [-0.15, -0.1) is 0 Å². The number of methoxy groups -OCH3 is 1. The lowest BCUT2D eigenvalue weighted by Crippen LogP contribution is -2.28. The van der Waals surface area contributed by atoms with Gasteiger partial charge in [0.1, 0.15) is 12.0 Å². The van der Waals surface area contributed by atoms with Gasteiger partial charge in [-0.25, -0.2) is 4.98 Å². The normalized spacial score (nSPS) is 21.5. The Morgan fingerprint density at radius 3 is 2.64 bits per heavy atom. The van der Waals surface area contributed by atoms with Crippen LogP contribution in [0.2, 0.25) is 0 Å². The zero-order valence-corrected chi connectivity index (χ0v) is 19.0. The van der Waals surface area contributed by atoms with E-state index in [2.05, 4.69) is 15.4 Å². The van der Waals surface area contributed by atoms with Gasteiger partial charge in [-0.2, -0.15) is 9.61 Å². The zero-order valence-electron chi connectivity index (χ0n) is 19.0. The Bertz CT molecular complexity index is 1200. The van der Waals surface area contributed by atoms with Crippen molar-refractivity contribution in [3.63, 3.8) is 0 Å². The van der Waals surface area contributed by atoms with Crippen molar-refractivity contribution in [2.24, 2.45) is 4.99 Å². The van der Waals surface area contributed by atoms with Crippen molar-refractivity contribution in [2.75, 3.05) is 25.9 Å². The maximum Gasteiger partial charge on any atom is 0.165 e. The number of hydrogen-bond acceptors (Lipinski definition) is 8. The molecular formula is C24H29N7O2. The maximum absolute atomic E-state index is 12.5. The standard InChI is InChI=1S/C24H29N7O2/c1-14(32)21-22(15-7-9-26-10-8-15)30-24-18(13-29-31(24)23(21)25)16-3-5-19(27-11-16)17-4-6-20(33-2)28-12-17/h3,5,11-13,15,17,20,26H,4,6-10,25H2,1-2H3. The van der Waals surface area contributed by atoms with Crippen LogP contribution in [0.3, 0.4) is 0 Å². The van der Waals surface area contributed by atoms with E-state index in [1.165, 1.54) is 0 Å². The molecule has 0 aromatic carbocycles. The maximum atomic E-state index is 12.5. The Hall–Kier alpha value is -3.17. The van der Waals surface area contributed by atoms with E-state index in [4.69, 9.17) is 20.4 Å². The second-order valence-corrected chi connectivity index (χ2v) is 8.78. The summed E-state index contributed by atoms with van der Waals surface area (Å²) in [7, 11) is 1.68. The number of nitrogen functional groups attached to an aromatic ring is 1. The number of anilines is 1. The Morgan fingerprint density at radius 2 is 2.00 bits per heavy atom. The molecule has 0 spiro atoms. The van der Waals surface area contributed by atoms with Crippen molar-refractivity contribution in [2.45, 2.75) is 50.7 Å². The molecular weight excluding hydrogens is 418 g/mol. The van der Waals surface area contributed by atoms with Crippen LogP contribution >= 0.6 is 0 Å². The number of Topliss-reactive ketones (excluding diaryl/α,β-unsaturated/α-hetero) is 1. The molecule has 2 aliphatic heterocycles. The van der Waals surface area contributed by atoms with Gasteiger partial charge in [0.25, 0.3) is 0 Å². The molecule has 9 heteroatoms. The fourth-order valence-electron chi connectivity index (χ4n) is 4.85. The SMILES string of the molecule is COC1CCC(c2ccc(-c3cnn4c(N)c(C(C)=O)c(C5CCNCC5)nc34)cn2)C=N1. The minimum atomic E-state index is -0.0802. The molecule has 0 aliphatic carbocycles. The molecule has 0 amide bonds. The van der Waals surface area contributed by atoms with Gasteiger partial charge in [-0.05, 0) is 51.8 Å². The molecule has 1 saturated heterocycles. The van der Waals surface area contributed by atoms with Crippen LogP contribution in [0.15, 0.2) is 29.5 Å². The van der Waals surface area contributed by atoms with E-state index in [0.717, 1.165) is 61.3 Å². The molecule has 3 N–H and O–H groups in total. The number of pyridine rings is 1. The minimum Gasteiger partial charge on any atom is -0.383 e. The first kappa shape index (κ1) is 21.7. The number of piperidine rings is 1. The number of nitrogens with zero attached hydrogens (tertiary/aromatic N) is 5. The highest BCUT2D eigenvalue weighted by molar-refractivity contribution is 6.00. The lowest BCUT2D eigenvalue weighted by Gasteiger charge is -2.24. The molecule has 5 rings (SSSR count). The highest BCUT2D eigenvalue weighted by Gasteiger charge is 2.27. The summed E-state index contributed by atoms with van der Waals surface area (Å²) in [5.74, 6) is 0.654. The molecule has 172 valence electrons. The number of nitrogens with two attached hydrogens (primary N) is 1. The van der Waals surface area contributed by atoms with Gasteiger partial charge in [0.15, 0.2) is 11.4 Å². The van der Waals surface area contributed by atoms with Crippen LogP contribution in [0.5, 0.6) is 0 Å². The summed E-state index contributed by atoms with van der Waals surface area (Å²) in [6.45, 7) is 3.35. The third-order valence-corrected chi connectivity index (χ3v) is 6.69. The fourth-order valence-corrected chi connectivity index (χ4v) is 4.85. The van der Waals surface area contributed by atoms with Crippen LogP contribution in [-0.4, -0.2) is 58.0 Å². The first-order chi connectivity index (χ1) is 16.1. The Kier molecular flexibility index (Phi) is 5.90. The lowest BCUT2D eigenvalue weighted by molar-refractivity contribution is 0.0967. The number of fused-ring (bicyclic) bond motifs is 1. The van der Waals surface area contributed by atoms with Gasteiger partial charge in [0, 0.05) is 48.2 Å². The summed E-state index contributed by atoms with van der Waals surface area (Å²) in [4.78, 5) is 26.6. The number of aromatic nitrogens is 4. The van der Waals surface area contributed by atoms with Gasteiger partial charge in [0.2, 0.25) is 0 Å². The van der Waals surface area contributed by atoms with Gasteiger partial charge in [0.05, 0.1) is 17.5 Å². The van der Waals surface area contributed by atoms with E-state index in [1.807, 2.05) is 24.5 Å². The molecule has 9 nitrogen and oxygen atoms in total. The summed E-state index contributed by atoms with van der Waals surface area (Å²) >= 11 is 0. The number of rotatable bonds is 5. The van der Waals surface area contributed by atoms with E-state index in [9.17, 15) is 4.79 Å². The van der Waals surface area contributed by atoms with Crippen LogP contribution in [0.1, 0.15) is 66.2 Å². The summed E-state index contributed by atoms with van der Waals surface area (Å²) in [5, 5.41) is 7.82. The molecule has 3 aromatic rings. The number of aliphatic imine (C=N–C) groups is 1. The fraction of sp³-hybridized carbons (Fsp3) is 0.458. The van der Waals surface area contributed by atoms with Crippen molar-refractivity contribution >= 4 is 23.5 Å². The predicted molar refractivity (Wildman–Crippen MR) is 127 cm³/mol. The molecule has 2 aliphatic rings. The van der Waals surface area contributed by atoms with E-state index < -0.39 is 0 Å². The predicted octanol–water partition coefficient (Wildman–Crippen LogP) is 2.96. The number of ketones is 1. The number of ether oxygens (including phenoxy) is 1. The average Bonchev–Trinajstić information content (AvgIpc) is 3.29. The Balaban J connectivity index is 1.52. The minimum absolute atomic E-state index is 0.0510. The highest BCUT2D eigenvalue weighted by atomic mass is 16.5. The average molecular weight is 448 g/mol. The third kappa shape index (κ3) is 4.02. The molecule has 33 heavy (non-hydrogen) atoms. The van der Waals surface area contributed by atoms with Crippen molar-refractivity contribution in [1.29, 1.82) is 0 Å². The van der Waals surface area contributed by atoms with Crippen LogP contribution in [0.25, 0.3) is 16.8 Å². The van der Waals surface area contributed by atoms with Crippen molar-refractivity contribution in [3.05, 3.63) is 41.5 Å². The van der Waals surface area contributed by atoms with Gasteiger partial charge in [-0.3, -0.25) is 14.8 Å². The van der Waals surface area contributed by atoms with Gasteiger partial charge < -0.3 is 15.8 Å². The summed E-state index contributed by atoms with van der Waals surface area (Å²) in [6, 6.07) is 4.07. The van der Waals surface area contributed by atoms with Crippen LogP contribution in [-0.2, 0) is 4.74 Å². The largest absolute Gasteiger partial charge is 0.383 e. The smallest absolute Gasteiger partial charge is 0.165 e. The second kappa shape index (κ2) is 8.99. The molecule has 2 unspecified atom stereocenters. The summed E-state index contributed by atoms with van der Waals surface area (Å²) < 4.78 is 6.87. The van der Waals surface area contributed by atoms with E-state index >= 15 is 0 Å². The Morgan fingerprint density at radius 1 is 1.18 bits per heavy atom. The van der Waals surface area contributed by atoms with E-state index in [-0.39, 0.29) is 23.8 Å². The number of nitrogens with one attached hydrogen (secondary N) is 1. The van der Waals surface area contributed by atoms with Crippen molar-refractivity contribution in [1.82, 2.24) is 24.9 Å². The monoisotopic (exact) mass is 447 g/mol. The van der Waals surface area contributed by atoms with Gasteiger partial charge in [-0.1, -0.05) is 6.07 Å². The summed E-state index contributed by atoms with van der Waals surface area (Å²) in [6.07, 6.45) is 9.18. The molecule has 0 bridgehead atoms. The molecule has 0 radical (unpaired) electrons. The second-order valence-electron chi connectivity index (χ2n) is 8.78. The highest BCUT2D eigenvalue weighted by Crippen LogP contribution is 2.34. The molecule has 3 aromatic heterocycles. The topological polar surface area (TPSA) is 120 Å². The van der Waals surface area contributed by atoms with Crippen molar-refractivity contribution in [3.8, 4) is 11.1 Å². The third-order valence-electron chi connectivity index (χ3n) is 6.69. The lowest BCUT2D eigenvalue weighted by atomic mass is 9.90. The number of carbonyl (C=O) groups is 1. The molecule has 1 fully saturated rings. The van der Waals surface area contributed by atoms with E-state index in [0.29, 0.717) is 17.0 Å². The Labute approximate surface area is 192 Å². The summed E-state index contributed by atoms with van der Waals surface area (Å²) in [5.41, 5.74) is 11.1. The molecule has 0 saturated carbocycles. The number of carbonyl (C=O) groups excluding carboxylic acids is 1. The van der Waals surface area contributed by atoms with E-state index in [1.54, 1.807) is 24.7 Å². The van der Waals surface area contributed by atoms with Crippen LogP contribution in [0, 0.1) is 0 Å². The van der Waals surface area contributed by atoms with Crippen molar-refractivity contribution < 1.29 is 9.53 Å². The molecule has 5 heterocycles. The first-order valence-electron chi connectivity index (χ1n) is 11.5.